The fourth-order valence-electron chi connectivity index (χ4n) is 4.05. The number of benzene rings is 2. The molecule has 0 saturated carbocycles. The summed E-state index contributed by atoms with van der Waals surface area (Å²) in [6.07, 6.45) is 0.786. The third kappa shape index (κ3) is 6.23. The highest BCUT2D eigenvalue weighted by atomic mass is 16.2. The molecule has 0 radical (unpaired) electrons. The van der Waals surface area contributed by atoms with Crippen molar-refractivity contribution in [3.8, 4) is 0 Å². The Hall–Kier alpha value is -3.19. The predicted octanol–water partition coefficient (Wildman–Crippen LogP) is 5.09. The van der Waals surface area contributed by atoms with Gasteiger partial charge in [0.05, 0.1) is 11.0 Å². The van der Waals surface area contributed by atoms with E-state index in [2.05, 4.69) is 37.6 Å². The Bertz CT molecular complexity index is 1120. The summed E-state index contributed by atoms with van der Waals surface area (Å²) in [5.74, 6) is 1.55. The maximum Gasteiger partial charge on any atom is 0.253 e. The van der Waals surface area contributed by atoms with Crippen LogP contribution in [0.4, 0.5) is 11.6 Å². The number of Topliss-reactive ketones (excluding diaryl/α,β-unsaturated/α-hetero) is 1. The summed E-state index contributed by atoms with van der Waals surface area (Å²) in [5, 5.41) is 3.37. The second-order valence-electron chi connectivity index (χ2n) is 9.69. The number of carbonyl (C=O) groups is 2. The molecular formula is C27H37N5O2. The van der Waals surface area contributed by atoms with E-state index in [0.717, 1.165) is 36.2 Å². The van der Waals surface area contributed by atoms with Crippen molar-refractivity contribution in [2.45, 2.75) is 47.6 Å². The quantitative estimate of drug-likeness (QED) is 0.387. The summed E-state index contributed by atoms with van der Waals surface area (Å²) in [6.45, 7) is 12.8. The molecular weight excluding hydrogens is 426 g/mol. The molecule has 0 aliphatic carbocycles. The van der Waals surface area contributed by atoms with Gasteiger partial charge in [0.15, 0.2) is 5.78 Å². The fraction of sp³-hybridized carbons (Fsp3) is 0.444. The monoisotopic (exact) mass is 463 g/mol. The van der Waals surface area contributed by atoms with Gasteiger partial charge >= 0.3 is 0 Å². The first kappa shape index (κ1) is 25.4. The van der Waals surface area contributed by atoms with Crippen molar-refractivity contribution in [1.82, 2.24) is 14.5 Å². The van der Waals surface area contributed by atoms with Crippen molar-refractivity contribution in [3.05, 3.63) is 53.6 Å². The van der Waals surface area contributed by atoms with E-state index in [1.165, 1.54) is 0 Å². The van der Waals surface area contributed by atoms with Gasteiger partial charge in [0.25, 0.3) is 5.91 Å². The molecule has 1 amide bonds. The fourth-order valence-corrected chi connectivity index (χ4v) is 4.05. The van der Waals surface area contributed by atoms with Gasteiger partial charge in [-0.25, -0.2) is 4.98 Å². The number of imidazole rings is 1. The van der Waals surface area contributed by atoms with Crippen molar-refractivity contribution in [2.75, 3.05) is 25.0 Å². The summed E-state index contributed by atoms with van der Waals surface area (Å²) >= 11 is 0. The van der Waals surface area contributed by atoms with Crippen LogP contribution < -0.4 is 11.1 Å². The van der Waals surface area contributed by atoms with Crippen molar-refractivity contribution >= 4 is 34.4 Å². The van der Waals surface area contributed by atoms with Crippen LogP contribution in [0.25, 0.3) is 11.0 Å². The molecule has 0 bridgehead atoms. The van der Waals surface area contributed by atoms with E-state index in [9.17, 15) is 9.59 Å². The second kappa shape index (κ2) is 11.3. The molecule has 0 atom stereocenters. The van der Waals surface area contributed by atoms with Crippen LogP contribution in [0, 0.1) is 11.8 Å². The third-order valence-electron chi connectivity index (χ3n) is 5.59. The molecule has 0 aliphatic heterocycles. The molecule has 0 unspecified atom stereocenters. The maximum atomic E-state index is 13.4. The van der Waals surface area contributed by atoms with Gasteiger partial charge in [0.2, 0.25) is 5.95 Å². The van der Waals surface area contributed by atoms with Crippen molar-refractivity contribution < 1.29 is 9.59 Å². The minimum atomic E-state index is 0.0305. The number of nitrogens with two attached hydrogens (primary N) is 1. The normalized spacial score (nSPS) is 11.4. The number of rotatable bonds is 11. The lowest BCUT2D eigenvalue weighted by molar-refractivity contribution is 0.0715. The minimum absolute atomic E-state index is 0.0305. The molecule has 0 spiro atoms. The van der Waals surface area contributed by atoms with Gasteiger partial charge in [0.1, 0.15) is 0 Å². The first-order valence-electron chi connectivity index (χ1n) is 12.1. The molecule has 3 N–H and O–H groups in total. The first-order chi connectivity index (χ1) is 16.2. The number of anilines is 2. The van der Waals surface area contributed by atoms with Crippen molar-refractivity contribution in [2.24, 2.45) is 17.6 Å². The highest BCUT2D eigenvalue weighted by Gasteiger charge is 2.20. The Morgan fingerprint density at radius 2 is 1.62 bits per heavy atom. The first-order valence-corrected chi connectivity index (χ1v) is 12.1. The van der Waals surface area contributed by atoms with Crippen LogP contribution in [0.1, 0.15) is 61.8 Å². The summed E-state index contributed by atoms with van der Waals surface area (Å²) in [4.78, 5) is 31.7. The number of hydrogen-bond acceptors (Lipinski definition) is 5. The van der Waals surface area contributed by atoms with E-state index >= 15 is 0 Å². The molecule has 0 aliphatic rings. The van der Waals surface area contributed by atoms with Gasteiger partial charge in [-0.1, -0.05) is 27.7 Å². The Balaban J connectivity index is 1.97. The Morgan fingerprint density at radius 3 is 2.18 bits per heavy atom. The zero-order valence-electron chi connectivity index (χ0n) is 21.0. The summed E-state index contributed by atoms with van der Waals surface area (Å²) in [6, 6.07) is 13.1. The lowest BCUT2D eigenvalue weighted by atomic mass is 10.1. The number of hydrogen-bond donors (Lipinski definition) is 2. The molecule has 1 aromatic heterocycles. The van der Waals surface area contributed by atoms with Gasteiger partial charge in [0, 0.05) is 36.4 Å². The van der Waals surface area contributed by atoms with Crippen LogP contribution in [-0.4, -0.2) is 45.8 Å². The van der Waals surface area contributed by atoms with Crippen molar-refractivity contribution in [1.29, 1.82) is 0 Å². The standard InChI is InChI=1S/C27H37N5O2/c1-18(2)16-31(17-19(3)4)26(34)22-9-12-24-25(15-22)32(14-6-13-28)27(30-24)29-23-10-7-21(8-11-23)20(5)33/h7-12,15,18-19H,6,13-14,16-17,28H2,1-5H3,(H,29,30). The van der Waals surface area contributed by atoms with Gasteiger partial charge in [-0.3, -0.25) is 9.59 Å². The molecule has 34 heavy (non-hydrogen) atoms. The zero-order chi connectivity index (χ0) is 24.8. The lowest BCUT2D eigenvalue weighted by Crippen LogP contribution is -2.37. The van der Waals surface area contributed by atoms with E-state index in [-0.39, 0.29) is 11.7 Å². The van der Waals surface area contributed by atoms with Crippen LogP contribution in [-0.2, 0) is 6.54 Å². The number of carbonyl (C=O) groups excluding carboxylic acids is 2. The van der Waals surface area contributed by atoms with E-state index in [0.29, 0.717) is 42.0 Å². The zero-order valence-corrected chi connectivity index (χ0v) is 21.0. The SMILES string of the molecule is CC(=O)c1ccc(Nc2nc3ccc(C(=O)N(CC(C)C)CC(C)C)cc3n2CCCN)cc1. The molecule has 1 heterocycles. The molecule has 0 saturated heterocycles. The Kier molecular flexibility index (Phi) is 8.45. The number of amides is 1. The molecule has 0 fully saturated rings. The number of fused-ring (bicyclic) bond motifs is 1. The van der Waals surface area contributed by atoms with Crippen LogP contribution in [0.5, 0.6) is 0 Å². The largest absolute Gasteiger partial charge is 0.338 e. The lowest BCUT2D eigenvalue weighted by Gasteiger charge is -2.26. The Morgan fingerprint density at radius 1 is 1.00 bits per heavy atom. The molecule has 7 heteroatoms. The average molecular weight is 464 g/mol. The van der Waals surface area contributed by atoms with Crippen LogP contribution in [0.2, 0.25) is 0 Å². The third-order valence-corrected chi connectivity index (χ3v) is 5.59. The van der Waals surface area contributed by atoms with Crippen molar-refractivity contribution in [3.63, 3.8) is 0 Å². The minimum Gasteiger partial charge on any atom is -0.338 e. The molecule has 7 nitrogen and oxygen atoms in total. The van der Waals surface area contributed by atoms with Crippen LogP contribution in [0.15, 0.2) is 42.5 Å². The second-order valence-corrected chi connectivity index (χ2v) is 9.69. The van der Waals surface area contributed by atoms with Crippen LogP contribution >= 0.6 is 0 Å². The number of aromatic nitrogens is 2. The smallest absolute Gasteiger partial charge is 0.253 e. The van der Waals surface area contributed by atoms with E-state index < -0.39 is 0 Å². The topological polar surface area (TPSA) is 93.2 Å². The summed E-state index contributed by atoms with van der Waals surface area (Å²) < 4.78 is 2.08. The van der Waals surface area contributed by atoms with E-state index in [4.69, 9.17) is 10.7 Å². The highest BCUT2D eigenvalue weighted by Crippen LogP contribution is 2.25. The van der Waals surface area contributed by atoms with Gasteiger partial charge in [-0.05, 0) is 74.2 Å². The van der Waals surface area contributed by atoms with Crippen LogP contribution in [0.3, 0.4) is 0 Å². The molecule has 3 aromatic rings. The number of aryl methyl sites for hydroxylation is 1. The van der Waals surface area contributed by atoms with Gasteiger partial charge < -0.3 is 20.5 Å². The highest BCUT2D eigenvalue weighted by molar-refractivity contribution is 5.98. The predicted molar refractivity (Wildman–Crippen MR) is 139 cm³/mol. The molecule has 2 aromatic carbocycles. The van der Waals surface area contributed by atoms with E-state index in [1.54, 1.807) is 19.1 Å². The maximum absolute atomic E-state index is 13.4. The van der Waals surface area contributed by atoms with E-state index in [1.807, 2.05) is 35.2 Å². The van der Waals surface area contributed by atoms with Gasteiger partial charge in [-0.15, -0.1) is 0 Å². The average Bonchev–Trinajstić information content (AvgIpc) is 3.12. The number of ketones is 1. The molecule has 3 rings (SSSR count). The summed E-state index contributed by atoms with van der Waals surface area (Å²) in [7, 11) is 0. The number of nitrogens with one attached hydrogen (secondary N) is 1. The van der Waals surface area contributed by atoms with Gasteiger partial charge in [-0.2, -0.15) is 0 Å². The molecule has 182 valence electrons. The summed E-state index contributed by atoms with van der Waals surface area (Å²) in [5.41, 5.74) is 9.68. The Labute approximate surface area is 202 Å². The number of nitrogens with zero attached hydrogens (tertiary/aromatic N) is 3.